The van der Waals surface area contributed by atoms with Gasteiger partial charge < -0.3 is 15.5 Å². The van der Waals surface area contributed by atoms with Crippen molar-refractivity contribution in [3.63, 3.8) is 0 Å². The summed E-state index contributed by atoms with van der Waals surface area (Å²) in [7, 11) is 0. The molecule has 1 aromatic rings. The minimum absolute atomic E-state index is 0.817. The van der Waals surface area contributed by atoms with Crippen molar-refractivity contribution in [3.05, 3.63) is 18.5 Å². The predicted octanol–water partition coefficient (Wildman–Crippen LogP) is 0.174. The van der Waals surface area contributed by atoms with Gasteiger partial charge in [0.05, 0.1) is 6.54 Å². The lowest BCUT2D eigenvalue weighted by atomic mass is 10.3. The first-order valence-electron chi connectivity index (χ1n) is 8.10. The minimum Gasteiger partial charge on any atom is -0.357 e. The predicted molar refractivity (Wildman–Crippen MR) is 90.3 cm³/mol. The zero-order chi connectivity index (χ0) is 15.6. The van der Waals surface area contributed by atoms with E-state index in [9.17, 15) is 0 Å². The highest BCUT2D eigenvalue weighted by Crippen LogP contribution is 2.09. The molecule has 0 bridgehead atoms. The second kappa shape index (κ2) is 9.19. The van der Waals surface area contributed by atoms with E-state index in [2.05, 4.69) is 49.2 Å². The molecule has 2 rings (SSSR count). The van der Waals surface area contributed by atoms with Crippen LogP contribution in [0.4, 0.5) is 5.95 Å². The highest BCUT2D eigenvalue weighted by molar-refractivity contribution is 5.79. The van der Waals surface area contributed by atoms with Crippen LogP contribution in [-0.4, -0.2) is 73.2 Å². The lowest BCUT2D eigenvalue weighted by molar-refractivity contribution is 0.263. The van der Waals surface area contributed by atoms with E-state index >= 15 is 0 Å². The molecular formula is C15H27N7. The van der Waals surface area contributed by atoms with Gasteiger partial charge in [-0.25, -0.2) is 9.97 Å². The van der Waals surface area contributed by atoms with Crippen molar-refractivity contribution >= 4 is 11.9 Å². The molecule has 1 aliphatic rings. The summed E-state index contributed by atoms with van der Waals surface area (Å²) in [4.78, 5) is 17.9. The molecule has 2 N–H and O–H groups in total. The van der Waals surface area contributed by atoms with Gasteiger partial charge in [0, 0.05) is 58.2 Å². The van der Waals surface area contributed by atoms with E-state index in [1.165, 1.54) is 0 Å². The Morgan fingerprint density at radius 2 is 1.73 bits per heavy atom. The summed E-state index contributed by atoms with van der Waals surface area (Å²) >= 11 is 0. The fourth-order valence-electron chi connectivity index (χ4n) is 2.44. The molecule has 7 heteroatoms. The van der Waals surface area contributed by atoms with Crippen molar-refractivity contribution in [1.29, 1.82) is 0 Å². The van der Waals surface area contributed by atoms with Crippen molar-refractivity contribution in [2.24, 2.45) is 4.99 Å². The van der Waals surface area contributed by atoms with E-state index in [0.29, 0.717) is 0 Å². The van der Waals surface area contributed by atoms with E-state index in [1.54, 1.807) is 12.4 Å². The summed E-state index contributed by atoms with van der Waals surface area (Å²) in [6.45, 7) is 11.8. The van der Waals surface area contributed by atoms with Crippen LogP contribution in [0.15, 0.2) is 23.5 Å². The fraction of sp³-hybridized carbons (Fsp3) is 0.667. The molecule has 0 aliphatic carbocycles. The lowest BCUT2D eigenvalue weighted by Gasteiger charge is -2.34. The van der Waals surface area contributed by atoms with Crippen molar-refractivity contribution in [2.45, 2.75) is 13.8 Å². The van der Waals surface area contributed by atoms with Crippen molar-refractivity contribution in [2.75, 3.05) is 57.3 Å². The number of nitrogens with one attached hydrogen (secondary N) is 2. The van der Waals surface area contributed by atoms with Gasteiger partial charge in [0.2, 0.25) is 5.95 Å². The van der Waals surface area contributed by atoms with Gasteiger partial charge in [0.1, 0.15) is 0 Å². The molecule has 1 aromatic heterocycles. The molecule has 1 saturated heterocycles. The number of nitrogens with zero attached hydrogens (tertiary/aromatic N) is 5. The largest absolute Gasteiger partial charge is 0.357 e. The van der Waals surface area contributed by atoms with Gasteiger partial charge >= 0.3 is 0 Å². The molecule has 0 aromatic carbocycles. The van der Waals surface area contributed by atoms with Crippen LogP contribution in [0.25, 0.3) is 0 Å². The molecule has 2 heterocycles. The molecule has 0 amide bonds. The quantitative estimate of drug-likeness (QED) is 0.577. The number of hydrogen-bond acceptors (Lipinski definition) is 5. The Hall–Kier alpha value is -1.89. The van der Waals surface area contributed by atoms with E-state index in [4.69, 9.17) is 0 Å². The third kappa shape index (κ3) is 5.14. The first-order valence-corrected chi connectivity index (χ1v) is 8.10. The standard InChI is InChI=1S/C15H27N7/c1-3-16-14(17-4-2)18-8-9-21-10-12-22(13-11-21)15-19-6-5-7-20-15/h5-7H,3-4,8-13H2,1-2H3,(H2,16,17,18). The molecule has 1 aliphatic heterocycles. The molecular weight excluding hydrogens is 278 g/mol. The van der Waals surface area contributed by atoms with Gasteiger partial charge in [-0.15, -0.1) is 0 Å². The maximum Gasteiger partial charge on any atom is 0.225 e. The van der Waals surface area contributed by atoms with Crippen molar-refractivity contribution < 1.29 is 0 Å². The molecule has 0 unspecified atom stereocenters. The number of piperazine rings is 1. The normalized spacial score (nSPS) is 15.5. The minimum atomic E-state index is 0.817. The average Bonchev–Trinajstić information content (AvgIpc) is 2.57. The first-order chi connectivity index (χ1) is 10.8. The third-order valence-electron chi connectivity index (χ3n) is 3.58. The van der Waals surface area contributed by atoms with Crippen LogP contribution in [-0.2, 0) is 0 Å². The van der Waals surface area contributed by atoms with Crippen LogP contribution >= 0.6 is 0 Å². The monoisotopic (exact) mass is 305 g/mol. The molecule has 0 atom stereocenters. The number of anilines is 1. The first kappa shape index (κ1) is 16.5. The van der Waals surface area contributed by atoms with Crippen LogP contribution in [0, 0.1) is 0 Å². The van der Waals surface area contributed by atoms with Gasteiger partial charge in [0.15, 0.2) is 5.96 Å². The highest BCUT2D eigenvalue weighted by atomic mass is 15.3. The second-order valence-corrected chi connectivity index (χ2v) is 5.17. The van der Waals surface area contributed by atoms with Crippen LogP contribution in [0.3, 0.4) is 0 Å². The lowest BCUT2D eigenvalue weighted by Crippen LogP contribution is -2.47. The number of hydrogen-bond donors (Lipinski definition) is 2. The summed E-state index contributed by atoms with van der Waals surface area (Å²) < 4.78 is 0. The van der Waals surface area contributed by atoms with E-state index in [1.807, 2.05) is 6.07 Å². The van der Waals surface area contributed by atoms with Gasteiger partial charge in [0.25, 0.3) is 0 Å². The van der Waals surface area contributed by atoms with Crippen molar-refractivity contribution in [1.82, 2.24) is 25.5 Å². The molecule has 22 heavy (non-hydrogen) atoms. The Morgan fingerprint density at radius 3 is 2.32 bits per heavy atom. The summed E-state index contributed by atoms with van der Waals surface area (Å²) in [6, 6.07) is 1.85. The molecule has 0 spiro atoms. The Morgan fingerprint density at radius 1 is 1.09 bits per heavy atom. The van der Waals surface area contributed by atoms with E-state index < -0.39 is 0 Å². The van der Waals surface area contributed by atoms with Crippen LogP contribution in [0.2, 0.25) is 0 Å². The summed E-state index contributed by atoms with van der Waals surface area (Å²) in [5.74, 6) is 1.74. The van der Waals surface area contributed by atoms with Gasteiger partial charge in [-0.2, -0.15) is 0 Å². The number of aromatic nitrogens is 2. The average molecular weight is 305 g/mol. The molecule has 1 fully saturated rings. The summed E-state index contributed by atoms with van der Waals surface area (Å²) in [6.07, 6.45) is 3.60. The third-order valence-corrected chi connectivity index (χ3v) is 3.58. The number of rotatable bonds is 6. The zero-order valence-electron chi connectivity index (χ0n) is 13.6. The number of guanidine groups is 1. The number of aliphatic imine (C=N–C) groups is 1. The van der Waals surface area contributed by atoms with Gasteiger partial charge in [-0.05, 0) is 19.9 Å². The maximum atomic E-state index is 4.59. The van der Waals surface area contributed by atoms with E-state index in [-0.39, 0.29) is 0 Å². The molecule has 0 saturated carbocycles. The van der Waals surface area contributed by atoms with Gasteiger partial charge in [-0.1, -0.05) is 0 Å². The summed E-state index contributed by atoms with van der Waals surface area (Å²) in [5.41, 5.74) is 0. The Labute approximate surface area is 132 Å². The molecule has 0 radical (unpaired) electrons. The second-order valence-electron chi connectivity index (χ2n) is 5.17. The highest BCUT2D eigenvalue weighted by Gasteiger charge is 2.18. The summed E-state index contributed by atoms with van der Waals surface area (Å²) in [5, 5.41) is 6.49. The Kier molecular flexibility index (Phi) is 6.89. The molecule has 7 nitrogen and oxygen atoms in total. The zero-order valence-corrected chi connectivity index (χ0v) is 13.6. The van der Waals surface area contributed by atoms with Crippen LogP contribution in [0.1, 0.15) is 13.8 Å². The van der Waals surface area contributed by atoms with E-state index in [0.717, 1.165) is 64.3 Å². The van der Waals surface area contributed by atoms with Crippen LogP contribution in [0.5, 0.6) is 0 Å². The van der Waals surface area contributed by atoms with Crippen molar-refractivity contribution in [3.8, 4) is 0 Å². The Balaban J connectivity index is 1.72. The molecule has 122 valence electrons. The smallest absolute Gasteiger partial charge is 0.225 e. The topological polar surface area (TPSA) is 68.7 Å². The van der Waals surface area contributed by atoms with Gasteiger partial charge in [-0.3, -0.25) is 9.89 Å². The van der Waals surface area contributed by atoms with Crippen LogP contribution < -0.4 is 15.5 Å². The fourth-order valence-corrected chi connectivity index (χ4v) is 2.44. The maximum absolute atomic E-state index is 4.59. The Bertz CT molecular complexity index is 432. The SMILES string of the molecule is CCNC(=NCCN1CCN(c2ncccn2)CC1)NCC.